The average molecular weight is 246 g/mol. The molecule has 0 amide bonds. The van der Waals surface area contributed by atoms with Gasteiger partial charge in [-0.1, -0.05) is 41.5 Å². The van der Waals surface area contributed by atoms with Gasteiger partial charge in [-0.05, 0) is 17.5 Å². The van der Waals surface area contributed by atoms with Crippen LogP contribution in [0.2, 0.25) is 0 Å². The van der Waals surface area contributed by atoms with E-state index in [2.05, 4.69) is 21.9 Å². The Morgan fingerprint density at radius 1 is 1.44 bits per heavy atom. The Bertz CT molecular complexity index is 401. The fourth-order valence-corrected chi connectivity index (χ4v) is 1.65. The van der Waals surface area contributed by atoms with Crippen LogP contribution in [0, 0.1) is 0 Å². The number of aliphatic hydroxyl groups is 1. The van der Waals surface area contributed by atoms with Crippen LogP contribution in [0.3, 0.4) is 0 Å². The summed E-state index contributed by atoms with van der Waals surface area (Å²) in [5.74, 6) is 0. The molecule has 0 unspecified atom stereocenters. The van der Waals surface area contributed by atoms with Crippen LogP contribution in [-0.4, -0.2) is 30.3 Å². The Morgan fingerprint density at radius 2 is 2.17 bits per heavy atom. The van der Waals surface area contributed by atoms with E-state index in [9.17, 15) is 5.11 Å². The minimum atomic E-state index is -0.707. The molecule has 0 bridgehead atoms. The van der Waals surface area contributed by atoms with Gasteiger partial charge in [-0.25, -0.2) is 0 Å². The Labute approximate surface area is 107 Å². The van der Waals surface area contributed by atoms with E-state index in [1.54, 1.807) is 6.08 Å². The third-order valence-corrected chi connectivity index (χ3v) is 2.57. The molecule has 0 aliphatic carbocycles. The van der Waals surface area contributed by atoms with Crippen LogP contribution in [0.25, 0.3) is 10.4 Å². The number of rotatable bonds is 8. The predicted molar refractivity (Wildman–Crippen MR) is 72.2 cm³/mol. The summed E-state index contributed by atoms with van der Waals surface area (Å²) in [5, 5.41) is 16.6. The minimum Gasteiger partial charge on any atom is -0.391 e. The van der Waals surface area contributed by atoms with E-state index in [1.165, 1.54) is 0 Å². The van der Waals surface area contributed by atoms with Crippen molar-refractivity contribution in [3.63, 3.8) is 0 Å². The van der Waals surface area contributed by atoms with Crippen LogP contribution in [0.5, 0.6) is 0 Å². The summed E-state index contributed by atoms with van der Waals surface area (Å²) in [6.07, 6.45) is 1.54. The van der Waals surface area contributed by atoms with Gasteiger partial charge in [0.25, 0.3) is 0 Å². The molecule has 1 aromatic rings. The highest BCUT2D eigenvalue weighted by atomic mass is 16.3. The van der Waals surface area contributed by atoms with Crippen molar-refractivity contribution in [2.45, 2.75) is 18.6 Å². The molecule has 0 radical (unpaired) electrons. The fraction of sp³-hybridized carbons (Fsp3) is 0.385. The molecule has 0 aliphatic rings. The van der Waals surface area contributed by atoms with Gasteiger partial charge in [0.1, 0.15) is 0 Å². The molecule has 0 heterocycles. The molecular formula is C13H18N4O. The van der Waals surface area contributed by atoms with Gasteiger partial charge in [0.2, 0.25) is 0 Å². The Balaban J connectivity index is 2.58. The average Bonchev–Trinajstić information content (AvgIpc) is 2.39. The molecule has 0 aromatic heterocycles. The zero-order valence-electron chi connectivity index (χ0n) is 10.2. The van der Waals surface area contributed by atoms with Gasteiger partial charge < -0.3 is 10.4 Å². The lowest BCUT2D eigenvalue weighted by Gasteiger charge is -2.18. The SMILES string of the molecule is C=CCNC[C@@H](O)[C@H](Cc1ccccc1)N=[N+]=[N-]. The second-order valence-corrected chi connectivity index (χ2v) is 3.98. The van der Waals surface area contributed by atoms with Crippen molar-refractivity contribution in [1.29, 1.82) is 0 Å². The highest BCUT2D eigenvalue weighted by molar-refractivity contribution is 5.16. The summed E-state index contributed by atoms with van der Waals surface area (Å²) in [5.41, 5.74) is 9.59. The second kappa shape index (κ2) is 8.31. The maximum absolute atomic E-state index is 9.97. The van der Waals surface area contributed by atoms with Crippen LogP contribution in [0.4, 0.5) is 0 Å². The van der Waals surface area contributed by atoms with Crippen LogP contribution in [-0.2, 0) is 6.42 Å². The fourth-order valence-electron chi connectivity index (χ4n) is 1.65. The number of azide groups is 1. The molecule has 5 heteroatoms. The molecule has 2 atom stereocenters. The smallest absolute Gasteiger partial charge is 0.0752 e. The summed E-state index contributed by atoms with van der Waals surface area (Å²) < 4.78 is 0. The minimum absolute atomic E-state index is 0.378. The quantitative estimate of drug-likeness (QED) is 0.242. The van der Waals surface area contributed by atoms with E-state index >= 15 is 0 Å². The highest BCUT2D eigenvalue weighted by Gasteiger charge is 2.17. The van der Waals surface area contributed by atoms with E-state index in [0.717, 1.165) is 5.56 Å². The maximum atomic E-state index is 9.97. The van der Waals surface area contributed by atoms with Gasteiger partial charge in [0.15, 0.2) is 0 Å². The van der Waals surface area contributed by atoms with Gasteiger partial charge in [0.05, 0.1) is 12.1 Å². The summed E-state index contributed by atoms with van der Waals surface area (Å²) in [6, 6.07) is 9.20. The summed E-state index contributed by atoms with van der Waals surface area (Å²) in [4.78, 5) is 2.80. The Morgan fingerprint density at radius 3 is 2.78 bits per heavy atom. The van der Waals surface area contributed by atoms with Gasteiger partial charge in [-0.3, -0.25) is 0 Å². The van der Waals surface area contributed by atoms with Gasteiger partial charge >= 0.3 is 0 Å². The zero-order chi connectivity index (χ0) is 13.2. The Kier molecular flexibility index (Phi) is 6.58. The molecular weight excluding hydrogens is 228 g/mol. The second-order valence-electron chi connectivity index (χ2n) is 3.98. The summed E-state index contributed by atoms with van der Waals surface area (Å²) >= 11 is 0. The molecule has 2 N–H and O–H groups in total. The van der Waals surface area contributed by atoms with E-state index < -0.39 is 12.1 Å². The topological polar surface area (TPSA) is 81.0 Å². The molecule has 0 saturated carbocycles. The Hall–Kier alpha value is -1.81. The van der Waals surface area contributed by atoms with Crippen LogP contribution < -0.4 is 5.32 Å². The van der Waals surface area contributed by atoms with Gasteiger partial charge in [-0.2, -0.15) is 0 Å². The van der Waals surface area contributed by atoms with Crippen molar-refractivity contribution in [3.05, 3.63) is 59.0 Å². The third kappa shape index (κ3) is 5.01. The first-order valence-corrected chi connectivity index (χ1v) is 5.85. The van der Waals surface area contributed by atoms with Crippen molar-refractivity contribution in [2.75, 3.05) is 13.1 Å². The first-order valence-electron chi connectivity index (χ1n) is 5.85. The lowest BCUT2D eigenvalue weighted by Crippen LogP contribution is -2.36. The number of hydrogen-bond acceptors (Lipinski definition) is 3. The summed E-state index contributed by atoms with van der Waals surface area (Å²) in [6.45, 7) is 4.57. The third-order valence-electron chi connectivity index (χ3n) is 2.57. The molecule has 96 valence electrons. The summed E-state index contributed by atoms with van der Waals surface area (Å²) in [7, 11) is 0. The monoisotopic (exact) mass is 246 g/mol. The van der Waals surface area contributed by atoms with Gasteiger partial charge in [-0.15, -0.1) is 6.58 Å². The van der Waals surface area contributed by atoms with Crippen molar-refractivity contribution in [1.82, 2.24) is 5.32 Å². The van der Waals surface area contributed by atoms with Crippen molar-refractivity contribution in [3.8, 4) is 0 Å². The number of hydrogen-bond donors (Lipinski definition) is 2. The molecule has 0 fully saturated rings. The van der Waals surface area contributed by atoms with Gasteiger partial charge in [0, 0.05) is 18.0 Å². The normalized spacial score (nSPS) is 13.4. The van der Waals surface area contributed by atoms with Crippen molar-refractivity contribution < 1.29 is 5.11 Å². The van der Waals surface area contributed by atoms with Crippen molar-refractivity contribution in [2.24, 2.45) is 5.11 Å². The van der Waals surface area contributed by atoms with Crippen molar-refractivity contribution >= 4 is 0 Å². The predicted octanol–water partition coefficient (Wildman–Crippen LogP) is 2.04. The molecule has 0 saturated heterocycles. The first-order chi connectivity index (χ1) is 8.77. The highest BCUT2D eigenvalue weighted by Crippen LogP contribution is 2.09. The maximum Gasteiger partial charge on any atom is 0.0752 e. The molecule has 1 aromatic carbocycles. The molecule has 5 nitrogen and oxygen atoms in total. The lowest BCUT2D eigenvalue weighted by atomic mass is 10.0. The number of nitrogens with one attached hydrogen (secondary N) is 1. The standard InChI is InChI=1S/C13H18N4O/c1-2-8-15-10-13(18)12(16-17-14)9-11-6-4-3-5-7-11/h2-7,12-13,15,18H,1,8-10H2/t12-,13+/m0/s1. The van der Waals surface area contributed by atoms with E-state index in [4.69, 9.17) is 5.53 Å². The molecule has 0 aliphatic heterocycles. The van der Waals surface area contributed by atoms with E-state index in [1.807, 2.05) is 30.3 Å². The first kappa shape index (κ1) is 14.3. The molecule has 18 heavy (non-hydrogen) atoms. The number of benzene rings is 1. The van der Waals surface area contributed by atoms with E-state index in [-0.39, 0.29) is 0 Å². The number of aliphatic hydroxyl groups excluding tert-OH is 1. The molecule has 1 rings (SSSR count). The van der Waals surface area contributed by atoms with Crippen LogP contribution in [0.15, 0.2) is 48.1 Å². The molecule has 0 spiro atoms. The zero-order valence-corrected chi connectivity index (χ0v) is 10.2. The largest absolute Gasteiger partial charge is 0.391 e. The lowest BCUT2D eigenvalue weighted by molar-refractivity contribution is 0.143. The van der Waals surface area contributed by atoms with Crippen LogP contribution in [0.1, 0.15) is 5.56 Å². The number of nitrogens with zero attached hydrogens (tertiary/aromatic N) is 3. The van der Waals surface area contributed by atoms with E-state index in [0.29, 0.717) is 19.5 Å². The van der Waals surface area contributed by atoms with Crippen LogP contribution >= 0.6 is 0 Å².